The fourth-order valence-corrected chi connectivity index (χ4v) is 1.85. The molecule has 0 aliphatic rings. The molecule has 21 heavy (non-hydrogen) atoms. The Morgan fingerprint density at radius 3 is 2.57 bits per heavy atom. The summed E-state index contributed by atoms with van der Waals surface area (Å²) in [6, 6.07) is 10.1. The van der Waals surface area contributed by atoms with Crippen LogP contribution >= 0.6 is 0 Å². The second-order valence-corrected chi connectivity index (χ2v) is 4.33. The van der Waals surface area contributed by atoms with E-state index in [4.69, 9.17) is 10.8 Å². The predicted octanol–water partition coefficient (Wildman–Crippen LogP) is 2.23. The molecule has 2 aromatic rings. The molecule has 0 saturated carbocycles. The second kappa shape index (κ2) is 6.15. The third kappa shape index (κ3) is 3.24. The van der Waals surface area contributed by atoms with Gasteiger partial charge in [-0.05, 0) is 29.8 Å². The maximum Gasteiger partial charge on any atom is 0.337 e. The van der Waals surface area contributed by atoms with Gasteiger partial charge in [-0.2, -0.15) is 0 Å². The molecule has 5 nitrogen and oxygen atoms in total. The lowest BCUT2D eigenvalue weighted by molar-refractivity contribution is 0.0697. The Bertz CT molecular complexity index is 701. The number of nitrogens with one attached hydrogen (secondary N) is 1. The van der Waals surface area contributed by atoms with Crippen LogP contribution in [0.2, 0.25) is 0 Å². The quantitative estimate of drug-likeness (QED) is 0.804. The number of benzene rings is 2. The summed E-state index contributed by atoms with van der Waals surface area (Å²) < 4.78 is 13.7. The summed E-state index contributed by atoms with van der Waals surface area (Å²) in [6.45, 7) is 0.265. The lowest BCUT2D eigenvalue weighted by atomic mass is 10.1. The number of anilines is 1. The van der Waals surface area contributed by atoms with Crippen molar-refractivity contribution in [3.63, 3.8) is 0 Å². The fourth-order valence-electron chi connectivity index (χ4n) is 1.85. The number of rotatable bonds is 4. The lowest BCUT2D eigenvalue weighted by Gasteiger charge is -2.10. The van der Waals surface area contributed by atoms with E-state index in [1.807, 2.05) is 0 Å². The molecule has 0 fully saturated rings. The van der Waals surface area contributed by atoms with Crippen LogP contribution in [0.25, 0.3) is 0 Å². The number of nitrogens with two attached hydrogens (primary N) is 1. The van der Waals surface area contributed by atoms with Gasteiger partial charge in [0.2, 0.25) is 0 Å². The molecule has 6 heteroatoms. The van der Waals surface area contributed by atoms with Crippen LogP contribution in [0.15, 0.2) is 42.5 Å². The van der Waals surface area contributed by atoms with Crippen LogP contribution in [0.5, 0.6) is 0 Å². The molecule has 0 saturated heterocycles. The van der Waals surface area contributed by atoms with Gasteiger partial charge in [0, 0.05) is 12.1 Å². The molecule has 0 unspecified atom stereocenters. The number of carboxylic acids is 1. The topological polar surface area (TPSA) is 92.4 Å². The first-order valence-electron chi connectivity index (χ1n) is 6.15. The SMILES string of the molecule is NCc1cccc(C(=O)Nc2c(F)cccc2C(=O)O)c1. The van der Waals surface area contributed by atoms with Crippen LogP contribution in [0.4, 0.5) is 10.1 Å². The molecule has 0 aromatic heterocycles. The summed E-state index contributed by atoms with van der Waals surface area (Å²) in [5, 5.41) is 11.3. The van der Waals surface area contributed by atoms with Gasteiger partial charge >= 0.3 is 5.97 Å². The molecule has 0 aliphatic heterocycles. The molecule has 2 rings (SSSR count). The molecule has 2 aromatic carbocycles. The molecule has 1 amide bonds. The average Bonchev–Trinajstić information content (AvgIpc) is 2.49. The predicted molar refractivity (Wildman–Crippen MR) is 75.6 cm³/mol. The Kier molecular flexibility index (Phi) is 4.30. The molecular weight excluding hydrogens is 275 g/mol. The standard InChI is InChI=1S/C15H13FN2O3/c16-12-6-2-5-11(15(20)21)13(12)18-14(19)10-4-1-3-9(7-10)8-17/h1-7H,8,17H2,(H,18,19)(H,20,21). The van der Waals surface area contributed by atoms with Gasteiger partial charge in [0.15, 0.2) is 0 Å². The molecule has 0 heterocycles. The smallest absolute Gasteiger partial charge is 0.337 e. The Morgan fingerprint density at radius 2 is 1.90 bits per heavy atom. The highest BCUT2D eigenvalue weighted by molar-refractivity contribution is 6.07. The molecule has 4 N–H and O–H groups in total. The number of carboxylic acid groups (broad SMARTS) is 1. The van der Waals surface area contributed by atoms with Crippen LogP contribution in [0.1, 0.15) is 26.3 Å². The Hall–Kier alpha value is -2.73. The van der Waals surface area contributed by atoms with E-state index in [1.165, 1.54) is 18.2 Å². The Labute approximate surface area is 120 Å². The molecule has 108 valence electrons. The number of halogens is 1. The first-order valence-corrected chi connectivity index (χ1v) is 6.15. The van der Waals surface area contributed by atoms with E-state index in [9.17, 15) is 14.0 Å². The first-order chi connectivity index (χ1) is 10.0. The maximum atomic E-state index is 13.7. The van der Waals surface area contributed by atoms with Crippen molar-refractivity contribution in [1.29, 1.82) is 0 Å². The van der Waals surface area contributed by atoms with Gasteiger partial charge in [-0.1, -0.05) is 18.2 Å². The molecule has 0 atom stereocenters. The van der Waals surface area contributed by atoms with Crippen molar-refractivity contribution in [3.8, 4) is 0 Å². The zero-order valence-corrected chi connectivity index (χ0v) is 11.0. The minimum Gasteiger partial charge on any atom is -0.478 e. The van der Waals surface area contributed by atoms with Crippen molar-refractivity contribution < 1.29 is 19.1 Å². The van der Waals surface area contributed by atoms with Crippen molar-refractivity contribution in [1.82, 2.24) is 0 Å². The molecule has 0 radical (unpaired) electrons. The second-order valence-electron chi connectivity index (χ2n) is 4.33. The Morgan fingerprint density at radius 1 is 1.19 bits per heavy atom. The molecular formula is C15H13FN2O3. The summed E-state index contributed by atoms with van der Waals surface area (Å²) in [7, 11) is 0. The normalized spacial score (nSPS) is 10.2. The van der Waals surface area contributed by atoms with Crippen LogP contribution in [-0.4, -0.2) is 17.0 Å². The third-order valence-electron chi connectivity index (χ3n) is 2.91. The van der Waals surface area contributed by atoms with Gasteiger partial charge in [0.25, 0.3) is 5.91 Å². The maximum absolute atomic E-state index is 13.7. The lowest BCUT2D eigenvalue weighted by Crippen LogP contribution is -2.16. The monoisotopic (exact) mass is 288 g/mol. The van der Waals surface area contributed by atoms with Gasteiger partial charge in [-0.25, -0.2) is 9.18 Å². The van der Waals surface area contributed by atoms with Crippen molar-refractivity contribution in [2.24, 2.45) is 5.73 Å². The van der Waals surface area contributed by atoms with Crippen molar-refractivity contribution in [3.05, 3.63) is 65.0 Å². The van der Waals surface area contributed by atoms with Gasteiger partial charge in [0.1, 0.15) is 5.82 Å². The summed E-state index contributed by atoms with van der Waals surface area (Å²) in [5.74, 6) is -2.73. The van der Waals surface area contributed by atoms with E-state index in [0.717, 1.165) is 11.6 Å². The van der Waals surface area contributed by atoms with E-state index in [1.54, 1.807) is 18.2 Å². The molecule has 0 spiro atoms. The van der Waals surface area contributed by atoms with E-state index in [2.05, 4.69) is 5.32 Å². The van der Waals surface area contributed by atoms with E-state index < -0.39 is 17.7 Å². The zero-order valence-electron chi connectivity index (χ0n) is 11.0. The largest absolute Gasteiger partial charge is 0.478 e. The molecule has 0 aliphatic carbocycles. The number of hydrogen-bond donors (Lipinski definition) is 3. The van der Waals surface area contributed by atoms with Crippen LogP contribution in [0, 0.1) is 5.82 Å². The summed E-state index contributed by atoms with van der Waals surface area (Å²) in [6.07, 6.45) is 0. The van der Waals surface area contributed by atoms with Gasteiger partial charge in [0.05, 0.1) is 11.3 Å². The van der Waals surface area contributed by atoms with Crippen molar-refractivity contribution >= 4 is 17.6 Å². The average molecular weight is 288 g/mol. The highest BCUT2D eigenvalue weighted by Crippen LogP contribution is 2.21. The number of para-hydroxylation sites is 1. The summed E-state index contributed by atoms with van der Waals surface area (Å²) in [5.41, 5.74) is 5.85. The van der Waals surface area contributed by atoms with Crippen LogP contribution < -0.4 is 11.1 Å². The van der Waals surface area contributed by atoms with Crippen LogP contribution in [0.3, 0.4) is 0 Å². The van der Waals surface area contributed by atoms with E-state index in [0.29, 0.717) is 0 Å². The highest BCUT2D eigenvalue weighted by Gasteiger charge is 2.17. The summed E-state index contributed by atoms with van der Waals surface area (Å²) >= 11 is 0. The zero-order chi connectivity index (χ0) is 15.4. The number of amides is 1. The minimum absolute atomic E-state index is 0.265. The number of carbonyl (C=O) groups excluding carboxylic acids is 1. The number of aromatic carboxylic acids is 1. The van der Waals surface area contributed by atoms with Crippen molar-refractivity contribution in [2.45, 2.75) is 6.54 Å². The van der Waals surface area contributed by atoms with Crippen molar-refractivity contribution in [2.75, 3.05) is 5.32 Å². The van der Waals surface area contributed by atoms with E-state index in [-0.39, 0.29) is 23.4 Å². The van der Waals surface area contributed by atoms with Crippen LogP contribution in [-0.2, 0) is 6.54 Å². The first kappa shape index (κ1) is 14.7. The highest BCUT2D eigenvalue weighted by atomic mass is 19.1. The minimum atomic E-state index is -1.32. The van der Waals surface area contributed by atoms with Gasteiger partial charge < -0.3 is 16.2 Å². The van der Waals surface area contributed by atoms with Gasteiger partial charge in [-0.15, -0.1) is 0 Å². The fraction of sp³-hybridized carbons (Fsp3) is 0.0667. The van der Waals surface area contributed by atoms with E-state index >= 15 is 0 Å². The van der Waals surface area contributed by atoms with Gasteiger partial charge in [-0.3, -0.25) is 4.79 Å². The number of carbonyl (C=O) groups is 2. The summed E-state index contributed by atoms with van der Waals surface area (Å²) in [4.78, 5) is 23.2. The molecule has 0 bridgehead atoms. The number of hydrogen-bond acceptors (Lipinski definition) is 3. The Balaban J connectivity index is 2.33. The third-order valence-corrected chi connectivity index (χ3v) is 2.91.